The molecule has 1 fully saturated rings. The maximum absolute atomic E-state index is 13.9. The van der Waals surface area contributed by atoms with Crippen LogP contribution in [0.3, 0.4) is 0 Å². The number of halogens is 1. The first-order valence-electron chi connectivity index (χ1n) is 12.5. The Morgan fingerprint density at radius 3 is 2.66 bits per heavy atom. The first-order valence-corrected chi connectivity index (χ1v) is 12.9. The van der Waals surface area contributed by atoms with Crippen LogP contribution < -0.4 is 15.9 Å². The van der Waals surface area contributed by atoms with Gasteiger partial charge in [-0.1, -0.05) is 24.6 Å². The van der Waals surface area contributed by atoms with Crippen LogP contribution in [0, 0.1) is 0 Å². The number of hydrogen-bond donors (Lipinski definition) is 1. The lowest BCUT2D eigenvalue weighted by molar-refractivity contribution is 0.0231. The first-order chi connectivity index (χ1) is 18.2. The number of rotatable bonds is 5. The van der Waals surface area contributed by atoms with Gasteiger partial charge in [0.2, 0.25) is 0 Å². The largest absolute Gasteiger partial charge is 0.444 e. The van der Waals surface area contributed by atoms with Crippen LogP contribution >= 0.6 is 11.6 Å². The molecule has 3 aromatic heterocycles. The Morgan fingerprint density at radius 2 is 1.95 bits per heavy atom. The molecule has 0 unspecified atom stereocenters. The van der Waals surface area contributed by atoms with Gasteiger partial charge in [-0.15, -0.1) is 0 Å². The molecule has 1 N–H and O–H groups in total. The number of ether oxygens (including phenoxy) is 1. The fourth-order valence-corrected chi connectivity index (χ4v) is 4.73. The molecule has 1 atom stereocenters. The van der Waals surface area contributed by atoms with E-state index in [0.29, 0.717) is 65.8 Å². The third kappa shape index (κ3) is 4.95. The molecule has 200 valence electrons. The fraction of sp³-hybridized carbons (Fsp3) is 0.440. The Morgan fingerprint density at radius 1 is 1.18 bits per heavy atom. The number of carbonyl (C=O) groups excluding carboxylic acids is 1. The second kappa shape index (κ2) is 10.1. The zero-order valence-corrected chi connectivity index (χ0v) is 22.5. The molecule has 13 heteroatoms. The summed E-state index contributed by atoms with van der Waals surface area (Å²) in [5.74, 6) is 1.04. The smallest absolute Gasteiger partial charge is 0.410 e. The maximum atomic E-state index is 13.9. The number of aromatic nitrogens is 6. The van der Waals surface area contributed by atoms with Crippen molar-refractivity contribution < 1.29 is 9.53 Å². The Labute approximate surface area is 224 Å². The molecule has 38 heavy (non-hydrogen) atoms. The quantitative estimate of drug-likeness (QED) is 0.407. The number of anilines is 1. The topological polar surface area (TPSA) is 123 Å². The number of amides is 1. The normalized spacial score (nSPS) is 15.2. The Kier molecular flexibility index (Phi) is 6.82. The van der Waals surface area contributed by atoms with Crippen LogP contribution in [0.2, 0.25) is 5.02 Å². The summed E-state index contributed by atoms with van der Waals surface area (Å²) in [6.45, 7) is 9.13. The number of fused-ring (bicyclic) bond motifs is 2. The molecular formula is C25H30ClN9O3. The molecule has 0 bridgehead atoms. The minimum Gasteiger partial charge on any atom is -0.444 e. The van der Waals surface area contributed by atoms with E-state index >= 15 is 0 Å². The summed E-state index contributed by atoms with van der Waals surface area (Å²) in [6, 6.07) is 4.85. The highest BCUT2D eigenvalue weighted by atomic mass is 35.5. The van der Waals surface area contributed by atoms with Crippen molar-refractivity contribution in [1.82, 2.24) is 34.1 Å². The van der Waals surface area contributed by atoms with E-state index in [-0.39, 0.29) is 17.7 Å². The summed E-state index contributed by atoms with van der Waals surface area (Å²) in [6.07, 6.45) is 5.06. The molecule has 0 saturated carbocycles. The number of piperazine rings is 1. The number of nitrogens with one attached hydrogen (secondary N) is 1. The van der Waals surface area contributed by atoms with Crippen molar-refractivity contribution in [2.75, 3.05) is 36.5 Å². The SMILES string of the molecule is CC[C@H](Nc1ncnn2ccnc12)c1nc2cccc(Cl)c2c(=O)n1N1CCN(C(=O)OC(C)(C)C)CC1. The summed E-state index contributed by atoms with van der Waals surface area (Å²) in [5, 5.41) is 10.2. The predicted octanol–water partition coefficient (Wildman–Crippen LogP) is 3.24. The number of nitrogens with zero attached hydrogens (tertiary/aromatic N) is 8. The van der Waals surface area contributed by atoms with Gasteiger partial charge in [-0.3, -0.25) is 4.79 Å². The van der Waals surface area contributed by atoms with E-state index in [1.54, 1.807) is 44.7 Å². The molecule has 4 aromatic rings. The monoisotopic (exact) mass is 539 g/mol. The van der Waals surface area contributed by atoms with Gasteiger partial charge >= 0.3 is 6.09 Å². The van der Waals surface area contributed by atoms with Crippen LogP contribution in [0.1, 0.15) is 46.0 Å². The van der Waals surface area contributed by atoms with Crippen molar-refractivity contribution in [3.63, 3.8) is 0 Å². The molecule has 0 aliphatic carbocycles. The van der Waals surface area contributed by atoms with Gasteiger partial charge in [-0.05, 0) is 39.3 Å². The molecule has 5 rings (SSSR count). The molecule has 1 aliphatic heterocycles. The summed E-state index contributed by atoms with van der Waals surface area (Å²) >= 11 is 6.46. The summed E-state index contributed by atoms with van der Waals surface area (Å²) in [4.78, 5) is 41.8. The standard InChI is InChI=1S/C25H30ClN9O3/c1-5-17(30-20-22-27-9-10-34(22)29-15-28-20)21-31-18-8-6-7-16(26)19(18)23(36)35(21)33-13-11-32(12-14-33)24(37)38-25(2,3)4/h6-10,15,17H,5,11-14H2,1-4H3,(H,28,29,30)/t17-/m0/s1. The van der Waals surface area contributed by atoms with Crippen LogP contribution in [0.15, 0.2) is 41.7 Å². The van der Waals surface area contributed by atoms with Gasteiger partial charge in [0.25, 0.3) is 5.56 Å². The lowest BCUT2D eigenvalue weighted by Crippen LogP contribution is -2.57. The third-order valence-electron chi connectivity index (χ3n) is 6.27. The summed E-state index contributed by atoms with van der Waals surface area (Å²) in [7, 11) is 0. The van der Waals surface area contributed by atoms with Crippen LogP contribution in [0.5, 0.6) is 0 Å². The van der Waals surface area contributed by atoms with Crippen molar-refractivity contribution in [3.8, 4) is 0 Å². The van der Waals surface area contributed by atoms with Crippen molar-refractivity contribution in [1.29, 1.82) is 0 Å². The number of benzene rings is 1. The third-order valence-corrected chi connectivity index (χ3v) is 6.58. The second-order valence-electron chi connectivity index (χ2n) is 10.1. The number of imidazole rings is 1. The highest BCUT2D eigenvalue weighted by Crippen LogP contribution is 2.26. The van der Waals surface area contributed by atoms with E-state index in [1.807, 2.05) is 32.7 Å². The van der Waals surface area contributed by atoms with Gasteiger partial charge in [-0.25, -0.2) is 28.9 Å². The van der Waals surface area contributed by atoms with Crippen molar-refractivity contribution >= 4 is 40.1 Å². The van der Waals surface area contributed by atoms with E-state index in [1.165, 1.54) is 6.33 Å². The first kappa shape index (κ1) is 25.7. The average molecular weight is 540 g/mol. The van der Waals surface area contributed by atoms with E-state index in [4.69, 9.17) is 21.3 Å². The lowest BCUT2D eigenvalue weighted by Gasteiger charge is -2.38. The molecule has 1 aliphatic rings. The zero-order valence-electron chi connectivity index (χ0n) is 21.8. The molecule has 12 nitrogen and oxygen atoms in total. The van der Waals surface area contributed by atoms with Crippen LogP contribution in [-0.4, -0.2) is 72.0 Å². The number of hydrogen-bond acceptors (Lipinski definition) is 9. The number of carbonyl (C=O) groups is 1. The van der Waals surface area contributed by atoms with Gasteiger partial charge in [0.05, 0.1) is 35.1 Å². The Balaban J connectivity index is 1.53. The van der Waals surface area contributed by atoms with E-state index in [0.717, 1.165) is 0 Å². The molecule has 0 spiro atoms. The van der Waals surface area contributed by atoms with Gasteiger partial charge in [-0.2, -0.15) is 5.10 Å². The molecule has 4 heterocycles. The summed E-state index contributed by atoms with van der Waals surface area (Å²) < 4.78 is 8.74. The minimum absolute atomic E-state index is 0.268. The lowest BCUT2D eigenvalue weighted by atomic mass is 10.1. The fourth-order valence-electron chi connectivity index (χ4n) is 4.47. The molecule has 0 radical (unpaired) electrons. The van der Waals surface area contributed by atoms with Crippen molar-refractivity contribution in [3.05, 3.63) is 58.1 Å². The van der Waals surface area contributed by atoms with Gasteiger partial charge in [0.1, 0.15) is 11.9 Å². The Bertz CT molecular complexity index is 1540. The van der Waals surface area contributed by atoms with Crippen LogP contribution in [0.4, 0.5) is 10.6 Å². The van der Waals surface area contributed by atoms with Crippen LogP contribution in [-0.2, 0) is 4.74 Å². The highest BCUT2D eigenvalue weighted by Gasteiger charge is 2.30. The Hall–Kier alpha value is -3.93. The van der Waals surface area contributed by atoms with Gasteiger partial charge < -0.3 is 20.0 Å². The molecule has 1 aromatic carbocycles. The highest BCUT2D eigenvalue weighted by molar-refractivity contribution is 6.35. The molecular weight excluding hydrogens is 510 g/mol. The van der Waals surface area contributed by atoms with Gasteiger partial charge in [0, 0.05) is 25.5 Å². The average Bonchev–Trinajstić information content (AvgIpc) is 3.36. The molecule has 1 saturated heterocycles. The second-order valence-corrected chi connectivity index (χ2v) is 10.5. The van der Waals surface area contributed by atoms with Crippen molar-refractivity contribution in [2.45, 2.75) is 45.8 Å². The maximum Gasteiger partial charge on any atom is 0.410 e. The van der Waals surface area contributed by atoms with Crippen molar-refractivity contribution in [2.24, 2.45) is 0 Å². The van der Waals surface area contributed by atoms with Crippen LogP contribution in [0.25, 0.3) is 16.6 Å². The van der Waals surface area contributed by atoms with Gasteiger partial charge in [0.15, 0.2) is 17.3 Å². The van der Waals surface area contributed by atoms with E-state index in [9.17, 15) is 9.59 Å². The predicted molar refractivity (Wildman–Crippen MR) is 144 cm³/mol. The zero-order chi connectivity index (χ0) is 27.0. The van der Waals surface area contributed by atoms with E-state index in [2.05, 4.69) is 20.4 Å². The molecule has 1 amide bonds. The van der Waals surface area contributed by atoms with E-state index < -0.39 is 5.60 Å². The minimum atomic E-state index is -0.585. The summed E-state index contributed by atoms with van der Waals surface area (Å²) in [5.41, 5.74) is 0.221.